The van der Waals surface area contributed by atoms with E-state index in [0.717, 1.165) is 82.3 Å². The Morgan fingerprint density at radius 3 is 2.49 bits per heavy atom. The molecule has 2 saturated carbocycles. The van der Waals surface area contributed by atoms with Gasteiger partial charge in [-0.1, -0.05) is 6.07 Å². The molecule has 6 fully saturated rings. The molecule has 3 N–H and O–H groups in total. The zero-order chi connectivity index (χ0) is 44.6. The standard InChI is InChI=1S/C46H51F2N11O6/c47-41(48)39-33(52-43(62)40-38-32(50-24-51-40)8-10-35(53-38)57-21-29-16-28(57)23-65-29)22-58(55-39)27-6-4-25(5-7-27)20-56-14-12-46(13-15-56)17-26(18-46)19-49-31-3-1-2-30-37(31)45(64)59(44(30)63)34-9-11-36(60)54-42(34)61/h1-3,8,10,22,24-29,34,41,49H,4-7,9,11-21,23H2,(H,52,62)(H,54,60,61)/t25-,27-,28-,29-,34?/m1/s1. The summed E-state index contributed by atoms with van der Waals surface area (Å²) < 4.78 is 36.1. The van der Waals surface area contributed by atoms with E-state index in [2.05, 4.69) is 40.8 Å². The predicted octanol–water partition coefficient (Wildman–Crippen LogP) is 5.13. The first-order chi connectivity index (χ1) is 31.5. The van der Waals surface area contributed by atoms with Gasteiger partial charge in [-0.3, -0.25) is 38.9 Å². The minimum absolute atomic E-state index is 0.00993. The second kappa shape index (κ2) is 16.5. The molecule has 2 aliphatic carbocycles. The Bertz CT molecular complexity index is 2580. The van der Waals surface area contributed by atoms with Crippen LogP contribution < -0.4 is 20.9 Å². The fourth-order valence-electron chi connectivity index (χ4n) is 11.8. The fraction of sp³-hybridized carbons (Fsp3) is 0.543. The zero-order valence-corrected chi connectivity index (χ0v) is 35.9. The summed E-state index contributed by atoms with van der Waals surface area (Å²) in [5.41, 5.74) is 1.76. The number of nitrogens with zero attached hydrogens (tertiary/aromatic N) is 8. The van der Waals surface area contributed by atoms with Crippen molar-refractivity contribution in [3.05, 3.63) is 65.4 Å². The Morgan fingerprint density at radius 2 is 1.75 bits per heavy atom. The Hall–Kier alpha value is -5.95. The molecule has 2 bridgehead atoms. The number of benzene rings is 1. The molecular formula is C46H51F2N11O6. The van der Waals surface area contributed by atoms with Crippen molar-refractivity contribution in [1.29, 1.82) is 0 Å². The van der Waals surface area contributed by atoms with Crippen molar-refractivity contribution in [1.82, 2.24) is 39.8 Å². The lowest BCUT2D eigenvalue weighted by molar-refractivity contribution is -0.136. The predicted molar refractivity (Wildman–Crippen MR) is 231 cm³/mol. The number of pyridine rings is 1. The lowest BCUT2D eigenvalue weighted by atomic mass is 9.57. The number of aromatic nitrogens is 5. The topological polar surface area (TPSA) is 197 Å². The van der Waals surface area contributed by atoms with Gasteiger partial charge < -0.3 is 25.2 Å². The van der Waals surface area contributed by atoms with Crippen LogP contribution in [0, 0.1) is 17.3 Å². The number of ether oxygens (including phenoxy) is 1. The van der Waals surface area contributed by atoms with Crippen LogP contribution >= 0.6 is 0 Å². The maximum absolute atomic E-state index is 14.4. The zero-order valence-electron chi connectivity index (χ0n) is 35.9. The van der Waals surface area contributed by atoms with E-state index < -0.39 is 47.7 Å². The second-order valence-corrected chi connectivity index (χ2v) is 19.2. The summed E-state index contributed by atoms with van der Waals surface area (Å²) in [6.07, 6.45) is 9.19. The molecule has 8 heterocycles. The number of carbonyl (C=O) groups excluding carboxylic acids is 5. The highest BCUT2D eigenvalue weighted by Gasteiger charge is 2.48. The highest BCUT2D eigenvalue weighted by molar-refractivity contribution is 6.25. The van der Waals surface area contributed by atoms with Crippen LogP contribution in [0.5, 0.6) is 0 Å². The summed E-state index contributed by atoms with van der Waals surface area (Å²) in [7, 11) is 0. The van der Waals surface area contributed by atoms with Crippen LogP contribution in [0.15, 0.2) is 42.9 Å². The van der Waals surface area contributed by atoms with Crippen LogP contribution in [-0.4, -0.2) is 122 Å². The highest BCUT2D eigenvalue weighted by atomic mass is 19.3. The third-order valence-corrected chi connectivity index (χ3v) is 15.2. The summed E-state index contributed by atoms with van der Waals surface area (Å²) in [4.78, 5) is 83.7. The molecule has 340 valence electrons. The molecule has 5 aliphatic heterocycles. The van der Waals surface area contributed by atoms with E-state index in [1.807, 2.05) is 6.07 Å². The van der Waals surface area contributed by atoms with Crippen molar-refractivity contribution in [2.45, 2.75) is 101 Å². The molecule has 3 aromatic heterocycles. The number of piperidine rings is 2. The first-order valence-corrected chi connectivity index (χ1v) is 23.0. The molecule has 11 rings (SSSR count). The van der Waals surface area contributed by atoms with Crippen molar-refractivity contribution in [2.24, 2.45) is 17.3 Å². The molecule has 4 aromatic rings. The monoisotopic (exact) mass is 891 g/mol. The van der Waals surface area contributed by atoms with Crippen molar-refractivity contribution in [3.8, 4) is 0 Å². The Balaban J connectivity index is 0.651. The quantitative estimate of drug-likeness (QED) is 0.168. The fourth-order valence-corrected chi connectivity index (χ4v) is 11.8. The number of amides is 5. The van der Waals surface area contributed by atoms with Gasteiger partial charge in [0.15, 0.2) is 11.4 Å². The maximum atomic E-state index is 14.4. The van der Waals surface area contributed by atoms with E-state index in [1.165, 1.54) is 12.5 Å². The molecule has 17 nitrogen and oxygen atoms in total. The molecule has 65 heavy (non-hydrogen) atoms. The lowest BCUT2D eigenvalue weighted by Gasteiger charge is -2.53. The molecule has 0 radical (unpaired) electrons. The van der Waals surface area contributed by atoms with Gasteiger partial charge in [-0.2, -0.15) is 5.10 Å². The van der Waals surface area contributed by atoms with Gasteiger partial charge in [-0.25, -0.2) is 23.7 Å². The number of halogens is 2. The van der Waals surface area contributed by atoms with Crippen molar-refractivity contribution >= 4 is 57.8 Å². The minimum atomic E-state index is -2.88. The number of likely N-dealkylation sites (tertiary alicyclic amines) is 1. The van der Waals surface area contributed by atoms with Gasteiger partial charge in [-0.05, 0) is 119 Å². The summed E-state index contributed by atoms with van der Waals surface area (Å²) >= 11 is 0. The highest BCUT2D eigenvalue weighted by Crippen LogP contribution is 2.53. The van der Waals surface area contributed by atoms with E-state index in [0.29, 0.717) is 59.5 Å². The Labute approximate surface area is 373 Å². The van der Waals surface area contributed by atoms with Gasteiger partial charge >= 0.3 is 0 Å². The first-order valence-electron chi connectivity index (χ1n) is 23.0. The van der Waals surface area contributed by atoms with E-state index >= 15 is 0 Å². The van der Waals surface area contributed by atoms with Crippen LogP contribution in [0.1, 0.15) is 120 Å². The van der Waals surface area contributed by atoms with Crippen molar-refractivity contribution in [3.63, 3.8) is 0 Å². The molecule has 4 saturated heterocycles. The molecule has 3 atom stereocenters. The van der Waals surface area contributed by atoms with Crippen molar-refractivity contribution < 1.29 is 37.5 Å². The van der Waals surface area contributed by atoms with Crippen molar-refractivity contribution in [2.75, 3.05) is 54.9 Å². The van der Waals surface area contributed by atoms with Gasteiger partial charge in [0.2, 0.25) is 11.8 Å². The molecule has 1 aromatic carbocycles. The number of rotatable bonds is 11. The number of nitrogens with one attached hydrogen (secondary N) is 3. The molecule has 1 unspecified atom stereocenters. The number of hydrogen-bond acceptors (Lipinski definition) is 13. The smallest absolute Gasteiger partial charge is 0.284 e. The third-order valence-electron chi connectivity index (χ3n) is 15.2. The Morgan fingerprint density at radius 1 is 0.938 bits per heavy atom. The van der Waals surface area contributed by atoms with E-state index in [-0.39, 0.29) is 53.5 Å². The average molecular weight is 892 g/mol. The lowest BCUT2D eigenvalue weighted by Crippen LogP contribution is -2.54. The first kappa shape index (κ1) is 41.7. The maximum Gasteiger partial charge on any atom is 0.284 e. The van der Waals surface area contributed by atoms with E-state index in [9.17, 15) is 32.8 Å². The largest absolute Gasteiger partial charge is 0.384 e. The third kappa shape index (κ3) is 7.68. The van der Waals surface area contributed by atoms with E-state index in [4.69, 9.17) is 9.72 Å². The van der Waals surface area contributed by atoms with Crippen LogP contribution in [-0.2, 0) is 14.3 Å². The van der Waals surface area contributed by atoms with Gasteiger partial charge in [-0.15, -0.1) is 0 Å². The molecule has 5 amide bonds. The number of anilines is 3. The molecule has 1 spiro atoms. The molecule has 19 heteroatoms. The number of morpholine rings is 1. The SMILES string of the molecule is O=C1CCC(N2C(=O)c3cccc(NCC4CC5(CCN(C[C@H]6CC[C@H](n7cc(NC(=O)c8ncnc9ccc(N%10C[C@H]%11C[C@@H]%10CO%11)nc89)c(C(F)F)n7)CC6)CC5)C4)c3C2=O)C(=O)N1. The summed E-state index contributed by atoms with van der Waals surface area (Å²) in [6, 6.07) is 8.00. The van der Waals surface area contributed by atoms with Gasteiger partial charge in [0, 0.05) is 37.9 Å². The number of carbonyl (C=O) groups is 5. The van der Waals surface area contributed by atoms with Crippen LogP contribution in [0.2, 0.25) is 0 Å². The second-order valence-electron chi connectivity index (χ2n) is 19.2. The number of fused-ring (bicyclic) bond motifs is 4. The normalized spacial score (nSPS) is 26.6. The molecular weight excluding hydrogens is 841 g/mol. The average Bonchev–Trinajstić information content (AvgIpc) is 4.10. The van der Waals surface area contributed by atoms with Crippen LogP contribution in [0.3, 0.4) is 0 Å². The van der Waals surface area contributed by atoms with Crippen LogP contribution in [0.4, 0.5) is 26.0 Å². The summed E-state index contributed by atoms with van der Waals surface area (Å²) in [6.45, 7) is 5.10. The Kier molecular flexibility index (Phi) is 10.6. The number of hydrogen-bond donors (Lipinski definition) is 3. The van der Waals surface area contributed by atoms with Gasteiger partial charge in [0.1, 0.15) is 23.7 Å². The van der Waals surface area contributed by atoms with Crippen LogP contribution in [0.25, 0.3) is 11.0 Å². The molecule has 7 aliphatic rings. The summed E-state index contributed by atoms with van der Waals surface area (Å²) in [5.74, 6) is -1.05. The van der Waals surface area contributed by atoms with E-state index in [1.54, 1.807) is 28.9 Å². The number of alkyl halides is 2. The van der Waals surface area contributed by atoms with Gasteiger partial charge in [0.05, 0.1) is 47.1 Å². The minimum Gasteiger partial charge on any atom is -0.384 e. The summed E-state index contributed by atoms with van der Waals surface area (Å²) in [5, 5.41) is 12.7. The number of imide groups is 2. The van der Waals surface area contributed by atoms with Gasteiger partial charge in [0.25, 0.3) is 24.1 Å².